The van der Waals surface area contributed by atoms with E-state index in [9.17, 15) is 0 Å². The quantitative estimate of drug-likeness (QED) is 0.741. The van der Waals surface area contributed by atoms with Crippen LogP contribution < -0.4 is 5.32 Å². The van der Waals surface area contributed by atoms with Crippen LogP contribution in [0.1, 0.15) is 25.0 Å². The van der Waals surface area contributed by atoms with E-state index in [0.717, 1.165) is 11.3 Å². The molecule has 76 valence electrons. The van der Waals surface area contributed by atoms with Crippen molar-refractivity contribution in [2.24, 2.45) is 0 Å². The van der Waals surface area contributed by atoms with Crippen molar-refractivity contribution in [3.8, 4) is 18.4 Å². The van der Waals surface area contributed by atoms with Gasteiger partial charge in [0.1, 0.15) is 6.07 Å². The van der Waals surface area contributed by atoms with Crippen LogP contribution in [-0.2, 0) is 0 Å². The van der Waals surface area contributed by atoms with Crippen LogP contribution in [0.25, 0.3) is 0 Å². The zero-order valence-corrected chi connectivity index (χ0v) is 9.26. The summed E-state index contributed by atoms with van der Waals surface area (Å²) in [6.07, 6.45) is 5.38. The van der Waals surface area contributed by atoms with Gasteiger partial charge in [0, 0.05) is 0 Å². The van der Waals surface area contributed by atoms with Crippen LogP contribution in [0.15, 0.2) is 18.2 Å². The third-order valence-electron chi connectivity index (χ3n) is 2.10. The van der Waals surface area contributed by atoms with Crippen LogP contribution in [-0.4, -0.2) is 5.54 Å². The summed E-state index contributed by atoms with van der Waals surface area (Å²) in [6, 6.07) is 7.83. The average Bonchev–Trinajstić information content (AvgIpc) is 2.20. The number of anilines is 1. The van der Waals surface area contributed by atoms with Gasteiger partial charge in [0.15, 0.2) is 0 Å². The second-order valence-corrected chi connectivity index (χ2v) is 4.06. The molecule has 0 fully saturated rings. The number of nitrogens with zero attached hydrogens (tertiary/aromatic N) is 1. The first kappa shape index (κ1) is 11.1. The van der Waals surface area contributed by atoms with Gasteiger partial charge in [-0.3, -0.25) is 0 Å². The molecule has 0 bridgehead atoms. The summed E-state index contributed by atoms with van der Waals surface area (Å²) in [6.45, 7) is 5.75. The fourth-order valence-corrected chi connectivity index (χ4v) is 1.23. The van der Waals surface area contributed by atoms with Gasteiger partial charge in [0.05, 0.1) is 16.8 Å². The molecular formula is C13H14N2. The third kappa shape index (κ3) is 2.76. The molecule has 0 aliphatic carbocycles. The summed E-state index contributed by atoms with van der Waals surface area (Å²) in [7, 11) is 0. The first-order valence-corrected chi connectivity index (χ1v) is 4.75. The van der Waals surface area contributed by atoms with Gasteiger partial charge >= 0.3 is 0 Å². The van der Waals surface area contributed by atoms with Crippen LogP contribution in [0, 0.1) is 30.6 Å². The van der Waals surface area contributed by atoms with Crippen molar-refractivity contribution in [2.75, 3.05) is 5.32 Å². The molecule has 1 aromatic carbocycles. The molecule has 1 rings (SSSR count). The molecule has 0 amide bonds. The summed E-state index contributed by atoms with van der Waals surface area (Å²) in [4.78, 5) is 0. The lowest BCUT2D eigenvalue weighted by Crippen LogP contribution is -2.28. The van der Waals surface area contributed by atoms with Crippen molar-refractivity contribution in [2.45, 2.75) is 26.3 Å². The summed E-state index contributed by atoms with van der Waals surface area (Å²) in [5.41, 5.74) is 2.03. The number of aryl methyl sites for hydroxylation is 1. The van der Waals surface area contributed by atoms with Crippen LogP contribution in [0.3, 0.4) is 0 Å². The van der Waals surface area contributed by atoms with Gasteiger partial charge in [-0.2, -0.15) is 5.26 Å². The van der Waals surface area contributed by atoms with Crippen LogP contribution >= 0.6 is 0 Å². The first-order valence-electron chi connectivity index (χ1n) is 4.75. The highest BCUT2D eigenvalue weighted by Crippen LogP contribution is 2.20. The van der Waals surface area contributed by atoms with E-state index in [4.69, 9.17) is 11.7 Å². The third-order valence-corrected chi connectivity index (χ3v) is 2.10. The highest BCUT2D eigenvalue weighted by molar-refractivity contribution is 5.60. The zero-order chi connectivity index (χ0) is 11.5. The Balaban J connectivity index is 3.08. The normalized spacial score (nSPS) is 10.2. The molecule has 0 aliphatic heterocycles. The fourth-order valence-electron chi connectivity index (χ4n) is 1.23. The lowest BCUT2D eigenvalue weighted by atomic mass is 10.0. The maximum Gasteiger partial charge on any atom is 0.101 e. The molecule has 0 unspecified atom stereocenters. The Morgan fingerprint density at radius 1 is 1.40 bits per heavy atom. The molecule has 0 atom stereocenters. The molecule has 0 heterocycles. The minimum atomic E-state index is -0.444. The number of hydrogen-bond donors (Lipinski definition) is 1. The van der Waals surface area contributed by atoms with Gasteiger partial charge in [0.2, 0.25) is 0 Å². The number of benzene rings is 1. The molecule has 0 saturated heterocycles. The molecule has 0 aromatic heterocycles. The maximum absolute atomic E-state index is 8.97. The van der Waals surface area contributed by atoms with Gasteiger partial charge in [-0.15, -0.1) is 6.42 Å². The Labute approximate surface area is 90.9 Å². The summed E-state index contributed by atoms with van der Waals surface area (Å²) >= 11 is 0. The Kier molecular flexibility index (Phi) is 3.02. The standard InChI is InChI=1S/C13H14N2/c1-5-13(3,4)15-12-7-6-10(2)8-11(12)9-14/h1,6-8,15H,2-4H3. The molecular weight excluding hydrogens is 184 g/mol. The number of nitriles is 1. The zero-order valence-electron chi connectivity index (χ0n) is 9.26. The number of rotatable bonds is 2. The van der Waals surface area contributed by atoms with E-state index in [1.54, 1.807) is 0 Å². The summed E-state index contributed by atoms with van der Waals surface area (Å²) in [5, 5.41) is 12.1. The monoisotopic (exact) mass is 198 g/mol. The maximum atomic E-state index is 8.97. The average molecular weight is 198 g/mol. The Morgan fingerprint density at radius 3 is 2.60 bits per heavy atom. The Bertz CT molecular complexity index is 445. The molecule has 0 spiro atoms. The Morgan fingerprint density at radius 2 is 2.07 bits per heavy atom. The highest BCUT2D eigenvalue weighted by Gasteiger charge is 2.14. The summed E-state index contributed by atoms with van der Waals surface area (Å²) < 4.78 is 0. The molecule has 0 aliphatic rings. The molecule has 1 N–H and O–H groups in total. The number of nitrogens with one attached hydrogen (secondary N) is 1. The van der Waals surface area contributed by atoms with Crippen LogP contribution in [0.2, 0.25) is 0 Å². The second kappa shape index (κ2) is 4.07. The number of terminal acetylenes is 1. The smallest absolute Gasteiger partial charge is 0.101 e. The number of hydrogen-bond acceptors (Lipinski definition) is 2. The van der Waals surface area contributed by atoms with Crippen molar-refractivity contribution < 1.29 is 0 Å². The van der Waals surface area contributed by atoms with E-state index in [2.05, 4.69) is 17.3 Å². The van der Waals surface area contributed by atoms with Crippen molar-refractivity contribution in [1.29, 1.82) is 5.26 Å². The molecule has 1 aromatic rings. The van der Waals surface area contributed by atoms with Gasteiger partial charge in [-0.05, 0) is 38.5 Å². The highest BCUT2D eigenvalue weighted by atomic mass is 15.0. The summed E-state index contributed by atoms with van der Waals surface area (Å²) in [5.74, 6) is 2.64. The Hall–Kier alpha value is -1.93. The van der Waals surface area contributed by atoms with Gasteiger partial charge in [-0.1, -0.05) is 12.0 Å². The van der Waals surface area contributed by atoms with Gasteiger partial charge in [0.25, 0.3) is 0 Å². The molecule has 0 saturated carbocycles. The molecule has 2 heteroatoms. The van der Waals surface area contributed by atoms with Crippen LogP contribution in [0.4, 0.5) is 5.69 Å². The van der Waals surface area contributed by atoms with E-state index in [0.29, 0.717) is 5.56 Å². The van der Waals surface area contributed by atoms with E-state index in [1.165, 1.54) is 0 Å². The van der Waals surface area contributed by atoms with Crippen molar-refractivity contribution in [1.82, 2.24) is 0 Å². The minimum absolute atomic E-state index is 0.444. The molecule has 2 nitrogen and oxygen atoms in total. The van der Waals surface area contributed by atoms with Gasteiger partial charge < -0.3 is 5.32 Å². The van der Waals surface area contributed by atoms with Crippen molar-refractivity contribution in [3.05, 3.63) is 29.3 Å². The molecule has 0 radical (unpaired) electrons. The molecule has 15 heavy (non-hydrogen) atoms. The van der Waals surface area contributed by atoms with E-state index >= 15 is 0 Å². The predicted molar refractivity (Wildman–Crippen MR) is 62.4 cm³/mol. The SMILES string of the molecule is C#CC(C)(C)Nc1ccc(C)cc1C#N. The second-order valence-electron chi connectivity index (χ2n) is 4.06. The predicted octanol–water partition coefficient (Wildman–Crippen LogP) is 2.69. The topological polar surface area (TPSA) is 35.8 Å². The van der Waals surface area contributed by atoms with E-state index < -0.39 is 5.54 Å². The lowest BCUT2D eigenvalue weighted by molar-refractivity contribution is 0.741. The van der Waals surface area contributed by atoms with E-state index in [-0.39, 0.29) is 0 Å². The largest absolute Gasteiger partial charge is 0.368 e. The minimum Gasteiger partial charge on any atom is -0.368 e. The van der Waals surface area contributed by atoms with Gasteiger partial charge in [-0.25, -0.2) is 0 Å². The van der Waals surface area contributed by atoms with Crippen molar-refractivity contribution in [3.63, 3.8) is 0 Å². The van der Waals surface area contributed by atoms with Crippen molar-refractivity contribution >= 4 is 5.69 Å². The first-order chi connectivity index (χ1) is 6.98. The fraction of sp³-hybridized carbons (Fsp3) is 0.308. The lowest BCUT2D eigenvalue weighted by Gasteiger charge is -2.21. The van der Waals surface area contributed by atoms with Crippen LogP contribution in [0.5, 0.6) is 0 Å². The van der Waals surface area contributed by atoms with E-state index in [1.807, 2.05) is 39.0 Å².